The molecule has 1 aromatic heterocycles. The second-order valence-corrected chi connectivity index (χ2v) is 3.29. The molecule has 0 bridgehead atoms. The highest BCUT2D eigenvalue weighted by atomic mass is 19.1. The molecule has 0 spiro atoms. The van der Waals surface area contributed by atoms with Crippen molar-refractivity contribution in [3.8, 4) is 11.5 Å². The quantitative estimate of drug-likeness (QED) is 0.622. The average Bonchev–Trinajstić information content (AvgIpc) is 2.34. The van der Waals surface area contributed by atoms with Gasteiger partial charge in [0, 0.05) is 12.1 Å². The molecule has 2 rings (SSSR count). The lowest BCUT2D eigenvalue weighted by molar-refractivity contribution is -0.389. The number of benzene rings is 1. The van der Waals surface area contributed by atoms with Crippen LogP contribution in [0.3, 0.4) is 0 Å². The lowest BCUT2D eigenvalue weighted by Crippen LogP contribution is -1.93. The number of aromatic nitrogens is 1. The van der Waals surface area contributed by atoms with E-state index in [1.807, 2.05) is 0 Å². The Labute approximate surface area is 99.8 Å². The van der Waals surface area contributed by atoms with Crippen molar-refractivity contribution in [3.05, 3.63) is 58.3 Å². The van der Waals surface area contributed by atoms with Gasteiger partial charge in [-0.1, -0.05) is 0 Å². The molecule has 1 heterocycles. The first-order valence-corrected chi connectivity index (χ1v) is 4.79. The molecule has 0 aliphatic rings. The Morgan fingerprint density at radius 2 is 2.00 bits per heavy atom. The Morgan fingerprint density at radius 1 is 1.22 bits per heavy atom. The van der Waals surface area contributed by atoms with Crippen LogP contribution in [0.2, 0.25) is 0 Å². The molecule has 0 saturated heterocycles. The molecule has 7 heteroatoms. The van der Waals surface area contributed by atoms with E-state index >= 15 is 0 Å². The van der Waals surface area contributed by atoms with Crippen molar-refractivity contribution in [2.24, 2.45) is 0 Å². The highest BCUT2D eigenvalue weighted by Crippen LogP contribution is 2.25. The summed E-state index contributed by atoms with van der Waals surface area (Å²) in [5, 5.41) is 10.4. The Balaban J connectivity index is 2.23. The number of rotatable bonds is 3. The molecule has 0 N–H and O–H groups in total. The van der Waals surface area contributed by atoms with E-state index in [1.54, 1.807) is 0 Å². The number of hydrogen-bond acceptors (Lipinski definition) is 4. The van der Waals surface area contributed by atoms with Crippen LogP contribution in [0, 0.1) is 21.7 Å². The first kappa shape index (κ1) is 11.9. The van der Waals surface area contributed by atoms with Crippen LogP contribution in [0.1, 0.15) is 0 Å². The molecule has 5 nitrogen and oxygen atoms in total. The van der Waals surface area contributed by atoms with Gasteiger partial charge in [0.05, 0.1) is 0 Å². The maximum absolute atomic E-state index is 13.2. The van der Waals surface area contributed by atoms with Crippen molar-refractivity contribution in [1.29, 1.82) is 0 Å². The summed E-state index contributed by atoms with van der Waals surface area (Å²) in [6.07, 6.45) is 1.06. The van der Waals surface area contributed by atoms with Gasteiger partial charge in [-0.3, -0.25) is 0 Å². The van der Waals surface area contributed by atoms with E-state index in [9.17, 15) is 18.9 Å². The number of halogens is 2. The molecule has 0 fully saturated rings. The summed E-state index contributed by atoms with van der Waals surface area (Å²) >= 11 is 0. The number of hydrogen-bond donors (Lipinski definition) is 0. The van der Waals surface area contributed by atoms with E-state index < -0.39 is 16.6 Å². The number of pyridine rings is 1. The van der Waals surface area contributed by atoms with Gasteiger partial charge >= 0.3 is 5.82 Å². The molecule has 0 aliphatic heterocycles. The van der Waals surface area contributed by atoms with Crippen molar-refractivity contribution in [2.75, 3.05) is 0 Å². The van der Waals surface area contributed by atoms with Crippen LogP contribution >= 0.6 is 0 Å². The van der Waals surface area contributed by atoms with E-state index in [0.29, 0.717) is 0 Å². The summed E-state index contributed by atoms with van der Waals surface area (Å²) in [5.41, 5.74) is 0. The zero-order valence-corrected chi connectivity index (χ0v) is 8.84. The monoisotopic (exact) mass is 252 g/mol. The van der Waals surface area contributed by atoms with Crippen LogP contribution in [-0.4, -0.2) is 9.91 Å². The molecule has 1 aromatic carbocycles. The van der Waals surface area contributed by atoms with E-state index in [0.717, 1.165) is 30.5 Å². The summed E-state index contributed by atoms with van der Waals surface area (Å²) in [5.74, 6) is -1.99. The van der Waals surface area contributed by atoms with Gasteiger partial charge in [0.1, 0.15) is 5.82 Å². The Morgan fingerprint density at radius 3 is 2.61 bits per heavy atom. The third kappa shape index (κ3) is 2.57. The summed E-state index contributed by atoms with van der Waals surface area (Å²) in [7, 11) is 0. The minimum atomic E-state index is -0.741. The number of nitro groups is 1. The number of ether oxygens (including phenoxy) is 1. The second kappa shape index (κ2) is 4.74. The maximum Gasteiger partial charge on any atom is 0.363 e. The van der Waals surface area contributed by atoms with Gasteiger partial charge in [-0.05, 0) is 28.1 Å². The molecular formula is C11H6F2N2O3. The van der Waals surface area contributed by atoms with E-state index in [-0.39, 0.29) is 17.3 Å². The van der Waals surface area contributed by atoms with Crippen LogP contribution in [0.4, 0.5) is 14.6 Å². The fourth-order valence-corrected chi connectivity index (χ4v) is 1.22. The second-order valence-electron chi connectivity index (χ2n) is 3.29. The fourth-order valence-electron chi connectivity index (χ4n) is 1.22. The molecule has 92 valence electrons. The molecule has 0 saturated carbocycles. The summed E-state index contributed by atoms with van der Waals surface area (Å²) in [6, 6.07) is 5.10. The molecule has 0 atom stereocenters. The van der Waals surface area contributed by atoms with Crippen LogP contribution in [0.5, 0.6) is 11.5 Å². The fraction of sp³-hybridized carbons (Fsp3) is 0. The Bertz CT molecular complexity index is 587. The maximum atomic E-state index is 13.2. The number of nitrogens with zero attached hydrogens (tertiary/aromatic N) is 2. The van der Waals surface area contributed by atoms with Crippen molar-refractivity contribution in [1.82, 2.24) is 4.98 Å². The average molecular weight is 252 g/mol. The molecule has 18 heavy (non-hydrogen) atoms. The third-order valence-electron chi connectivity index (χ3n) is 2.03. The van der Waals surface area contributed by atoms with Crippen LogP contribution in [-0.2, 0) is 0 Å². The molecule has 0 aliphatic carbocycles. The molecule has 0 unspecified atom stereocenters. The normalized spacial score (nSPS) is 10.1. The highest BCUT2D eigenvalue weighted by molar-refractivity contribution is 5.33. The molecule has 0 amide bonds. The first-order valence-electron chi connectivity index (χ1n) is 4.79. The van der Waals surface area contributed by atoms with E-state index in [4.69, 9.17) is 4.74 Å². The van der Waals surface area contributed by atoms with Crippen LogP contribution in [0.25, 0.3) is 0 Å². The highest BCUT2D eigenvalue weighted by Gasteiger charge is 2.10. The predicted molar refractivity (Wildman–Crippen MR) is 57.3 cm³/mol. The predicted octanol–water partition coefficient (Wildman–Crippen LogP) is 3.06. The van der Waals surface area contributed by atoms with Crippen LogP contribution < -0.4 is 4.74 Å². The standard InChI is InChI=1S/C11H6F2N2O3/c12-7-1-3-9(13)10(5-7)18-8-2-4-11(14-6-8)15(16)17/h1-6H. The van der Waals surface area contributed by atoms with Crippen molar-refractivity contribution in [3.63, 3.8) is 0 Å². The van der Waals surface area contributed by atoms with Gasteiger partial charge in [0.15, 0.2) is 23.5 Å². The topological polar surface area (TPSA) is 65.3 Å². The zero-order chi connectivity index (χ0) is 13.1. The lowest BCUT2D eigenvalue weighted by Gasteiger charge is -2.04. The van der Waals surface area contributed by atoms with Gasteiger partial charge in [-0.15, -0.1) is 0 Å². The van der Waals surface area contributed by atoms with Gasteiger partial charge < -0.3 is 14.9 Å². The lowest BCUT2D eigenvalue weighted by atomic mass is 10.3. The third-order valence-corrected chi connectivity index (χ3v) is 2.03. The van der Waals surface area contributed by atoms with Crippen molar-refractivity contribution in [2.45, 2.75) is 0 Å². The molecular weight excluding hydrogens is 246 g/mol. The van der Waals surface area contributed by atoms with Crippen molar-refractivity contribution < 1.29 is 18.4 Å². The minimum absolute atomic E-state index is 0.0742. The summed E-state index contributed by atoms with van der Waals surface area (Å²) in [4.78, 5) is 13.2. The SMILES string of the molecule is O=[N+]([O-])c1ccc(Oc2cc(F)ccc2F)cn1. The molecule has 0 radical (unpaired) electrons. The van der Waals surface area contributed by atoms with Crippen molar-refractivity contribution >= 4 is 5.82 Å². The van der Waals surface area contributed by atoms with Gasteiger partial charge in [-0.25, -0.2) is 8.78 Å². The summed E-state index contributed by atoms with van der Waals surface area (Å²) < 4.78 is 31.1. The van der Waals surface area contributed by atoms with Gasteiger partial charge in [0.2, 0.25) is 0 Å². The largest absolute Gasteiger partial charge is 0.450 e. The molecule has 2 aromatic rings. The van der Waals surface area contributed by atoms with E-state index in [2.05, 4.69) is 4.98 Å². The Kier molecular flexibility index (Phi) is 3.13. The van der Waals surface area contributed by atoms with E-state index in [1.165, 1.54) is 6.07 Å². The van der Waals surface area contributed by atoms with Gasteiger partial charge in [-0.2, -0.15) is 0 Å². The first-order chi connectivity index (χ1) is 8.56. The zero-order valence-electron chi connectivity index (χ0n) is 8.84. The van der Waals surface area contributed by atoms with Crippen LogP contribution in [0.15, 0.2) is 36.5 Å². The van der Waals surface area contributed by atoms with Gasteiger partial charge in [0.25, 0.3) is 0 Å². The smallest absolute Gasteiger partial charge is 0.363 e. The Hall–Kier alpha value is -2.57. The summed E-state index contributed by atoms with van der Waals surface area (Å²) in [6.45, 7) is 0. The minimum Gasteiger partial charge on any atom is -0.450 e.